The van der Waals surface area contributed by atoms with Crippen molar-refractivity contribution in [2.45, 2.75) is 12.6 Å². The number of hydrogen-bond donors (Lipinski definition) is 2. The van der Waals surface area contributed by atoms with Gasteiger partial charge in [0.1, 0.15) is 13.2 Å². The summed E-state index contributed by atoms with van der Waals surface area (Å²) < 4.78 is 12.3. The maximum Gasteiger partial charge on any atom is 0.255 e. The van der Waals surface area contributed by atoms with Crippen LogP contribution in [-0.2, 0) is 6.54 Å². The third kappa shape index (κ3) is 3.57. The van der Waals surface area contributed by atoms with Gasteiger partial charge in [0.25, 0.3) is 11.5 Å². The zero-order valence-corrected chi connectivity index (χ0v) is 13.0. The Kier molecular flexibility index (Phi) is 4.81. The molecular formula is C17H18N2O5. The average Bonchev–Trinajstić information content (AvgIpc) is 2.61. The van der Waals surface area contributed by atoms with E-state index in [1.807, 2.05) is 0 Å². The maximum absolute atomic E-state index is 12.3. The van der Waals surface area contributed by atoms with Crippen molar-refractivity contribution in [1.82, 2.24) is 9.88 Å². The number of ether oxygens (including phenoxy) is 2. The molecule has 2 heterocycles. The Labute approximate surface area is 138 Å². The molecule has 1 amide bonds. The fourth-order valence-electron chi connectivity index (χ4n) is 2.46. The molecule has 1 aromatic carbocycles. The summed E-state index contributed by atoms with van der Waals surface area (Å²) >= 11 is 0. The normalized spacial score (nSPS) is 14.0. The predicted octanol–water partition coefficient (Wildman–Crippen LogP) is 0.410. The molecule has 0 radical (unpaired) electrons. The average molecular weight is 330 g/mol. The quantitative estimate of drug-likeness (QED) is 0.829. The summed E-state index contributed by atoms with van der Waals surface area (Å²) in [7, 11) is 0. The van der Waals surface area contributed by atoms with Crippen molar-refractivity contribution in [3.05, 3.63) is 58.5 Å². The fourth-order valence-corrected chi connectivity index (χ4v) is 2.46. The lowest BCUT2D eigenvalue weighted by Gasteiger charge is -2.21. The lowest BCUT2D eigenvalue weighted by Crippen LogP contribution is -2.36. The molecule has 1 unspecified atom stereocenters. The van der Waals surface area contributed by atoms with E-state index in [0.29, 0.717) is 30.3 Å². The summed E-state index contributed by atoms with van der Waals surface area (Å²) in [6.07, 6.45) is 0.706. The Bertz CT molecular complexity index is 787. The van der Waals surface area contributed by atoms with Crippen LogP contribution in [-0.4, -0.2) is 41.4 Å². The number of aliphatic hydroxyl groups excluding tert-OH is 1. The summed E-state index contributed by atoms with van der Waals surface area (Å²) in [5.41, 5.74) is 0.154. The Hall–Kier alpha value is -2.80. The molecule has 0 saturated heterocycles. The number of para-hydroxylation sites is 1. The number of aliphatic hydroxyl groups is 1. The Morgan fingerprint density at radius 1 is 1.21 bits per heavy atom. The van der Waals surface area contributed by atoms with E-state index in [4.69, 9.17) is 9.47 Å². The number of amides is 1. The first-order valence-electron chi connectivity index (χ1n) is 7.65. The summed E-state index contributed by atoms with van der Waals surface area (Å²) in [6, 6.07) is 9.84. The molecule has 2 N–H and O–H groups in total. The Morgan fingerprint density at radius 2 is 2.04 bits per heavy atom. The molecule has 0 saturated carbocycles. The molecule has 126 valence electrons. The first kappa shape index (κ1) is 16.1. The largest absolute Gasteiger partial charge is 0.486 e. The lowest BCUT2D eigenvalue weighted by atomic mass is 10.1. The highest BCUT2D eigenvalue weighted by molar-refractivity contribution is 5.97. The van der Waals surface area contributed by atoms with Gasteiger partial charge >= 0.3 is 0 Å². The molecule has 0 bridgehead atoms. The molecule has 7 nitrogen and oxygen atoms in total. The third-order valence-corrected chi connectivity index (χ3v) is 3.62. The van der Waals surface area contributed by atoms with Crippen molar-refractivity contribution in [2.75, 3.05) is 19.8 Å². The van der Waals surface area contributed by atoms with Crippen molar-refractivity contribution in [2.24, 2.45) is 0 Å². The van der Waals surface area contributed by atoms with E-state index < -0.39 is 6.10 Å². The zero-order chi connectivity index (χ0) is 16.9. The van der Waals surface area contributed by atoms with Gasteiger partial charge in [0.05, 0.1) is 18.2 Å². The first-order chi connectivity index (χ1) is 11.6. The highest BCUT2D eigenvalue weighted by Crippen LogP contribution is 2.33. The number of aromatic nitrogens is 1. The summed E-state index contributed by atoms with van der Waals surface area (Å²) in [5.74, 6) is 0.581. The van der Waals surface area contributed by atoms with Crippen molar-refractivity contribution >= 4 is 5.91 Å². The monoisotopic (exact) mass is 330 g/mol. The zero-order valence-electron chi connectivity index (χ0n) is 13.0. The van der Waals surface area contributed by atoms with Crippen LogP contribution in [0, 0.1) is 0 Å². The highest BCUT2D eigenvalue weighted by Gasteiger charge is 2.20. The topological polar surface area (TPSA) is 89.8 Å². The number of hydrogen-bond acceptors (Lipinski definition) is 5. The van der Waals surface area contributed by atoms with Crippen LogP contribution in [0.1, 0.15) is 10.4 Å². The van der Waals surface area contributed by atoms with Crippen LogP contribution in [0.15, 0.2) is 47.4 Å². The van der Waals surface area contributed by atoms with Crippen molar-refractivity contribution in [1.29, 1.82) is 0 Å². The summed E-state index contributed by atoms with van der Waals surface area (Å²) in [5, 5.41) is 12.7. The second kappa shape index (κ2) is 7.18. The smallest absolute Gasteiger partial charge is 0.255 e. The lowest BCUT2D eigenvalue weighted by molar-refractivity contribution is 0.0893. The van der Waals surface area contributed by atoms with Gasteiger partial charge in [-0.3, -0.25) is 9.59 Å². The van der Waals surface area contributed by atoms with Crippen molar-refractivity contribution in [3.63, 3.8) is 0 Å². The highest BCUT2D eigenvalue weighted by atomic mass is 16.6. The Morgan fingerprint density at radius 3 is 2.88 bits per heavy atom. The minimum atomic E-state index is -0.884. The third-order valence-electron chi connectivity index (χ3n) is 3.62. The first-order valence-corrected chi connectivity index (χ1v) is 7.65. The van der Waals surface area contributed by atoms with Crippen LogP contribution < -0.4 is 20.3 Å². The molecule has 24 heavy (non-hydrogen) atoms. The number of fused-ring (bicyclic) bond motifs is 1. The maximum atomic E-state index is 12.3. The number of pyridine rings is 1. The standard InChI is InChI=1S/C17H18N2O5/c20-12(11-19-7-2-1-6-15(19)21)10-18-17(22)13-4-3-5-14-16(13)24-9-8-23-14/h1-7,12,20H,8-11H2,(H,18,22). The minimum Gasteiger partial charge on any atom is -0.486 e. The van der Waals surface area contributed by atoms with Crippen LogP contribution >= 0.6 is 0 Å². The van der Waals surface area contributed by atoms with E-state index in [9.17, 15) is 14.7 Å². The Balaban J connectivity index is 1.62. The molecule has 1 aromatic heterocycles. The number of carbonyl (C=O) groups excluding carboxylic acids is 1. The molecule has 1 atom stereocenters. The minimum absolute atomic E-state index is 0.0185. The predicted molar refractivity (Wildman–Crippen MR) is 86.5 cm³/mol. The van der Waals surface area contributed by atoms with Gasteiger partial charge in [0.2, 0.25) is 0 Å². The summed E-state index contributed by atoms with van der Waals surface area (Å²) in [4.78, 5) is 23.9. The van der Waals surface area contributed by atoms with Gasteiger partial charge in [-0.1, -0.05) is 12.1 Å². The van der Waals surface area contributed by atoms with E-state index in [2.05, 4.69) is 5.32 Å². The van der Waals surface area contributed by atoms with Gasteiger partial charge in [-0.2, -0.15) is 0 Å². The van der Waals surface area contributed by atoms with E-state index >= 15 is 0 Å². The van der Waals surface area contributed by atoms with E-state index in [1.54, 1.807) is 36.5 Å². The van der Waals surface area contributed by atoms with Crippen LogP contribution in [0.25, 0.3) is 0 Å². The summed E-state index contributed by atoms with van der Waals surface area (Å²) in [6.45, 7) is 0.955. The van der Waals surface area contributed by atoms with Gasteiger partial charge in [0, 0.05) is 18.8 Å². The van der Waals surface area contributed by atoms with Crippen molar-refractivity contribution < 1.29 is 19.4 Å². The van der Waals surface area contributed by atoms with Crippen LogP contribution in [0.2, 0.25) is 0 Å². The van der Waals surface area contributed by atoms with E-state index in [1.165, 1.54) is 10.6 Å². The molecule has 0 fully saturated rings. The number of carbonyl (C=O) groups is 1. The second-order valence-electron chi connectivity index (χ2n) is 5.38. The molecular weight excluding hydrogens is 312 g/mol. The number of rotatable bonds is 5. The fraction of sp³-hybridized carbons (Fsp3) is 0.294. The number of nitrogens with one attached hydrogen (secondary N) is 1. The van der Waals surface area contributed by atoms with Gasteiger partial charge in [-0.15, -0.1) is 0 Å². The number of benzene rings is 1. The van der Waals surface area contributed by atoms with Gasteiger partial charge in [-0.05, 0) is 18.2 Å². The molecule has 1 aliphatic heterocycles. The second-order valence-corrected chi connectivity index (χ2v) is 5.38. The van der Waals surface area contributed by atoms with Crippen LogP contribution in [0.4, 0.5) is 0 Å². The molecule has 7 heteroatoms. The van der Waals surface area contributed by atoms with Crippen LogP contribution in [0.5, 0.6) is 11.5 Å². The van der Waals surface area contributed by atoms with E-state index in [0.717, 1.165) is 0 Å². The molecule has 0 spiro atoms. The molecule has 2 aromatic rings. The van der Waals surface area contributed by atoms with E-state index in [-0.39, 0.29) is 24.6 Å². The molecule has 1 aliphatic rings. The van der Waals surface area contributed by atoms with Gasteiger partial charge in [-0.25, -0.2) is 0 Å². The van der Waals surface area contributed by atoms with Gasteiger partial charge < -0.3 is 24.5 Å². The molecule has 3 rings (SSSR count). The molecule has 0 aliphatic carbocycles. The van der Waals surface area contributed by atoms with Gasteiger partial charge in [0.15, 0.2) is 11.5 Å². The van der Waals surface area contributed by atoms with Crippen LogP contribution in [0.3, 0.4) is 0 Å². The number of nitrogens with zero attached hydrogens (tertiary/aromatic N) is 1. The SMILES string of the molecule is O=C(NCC(O)Cn1ccccc1=O)c1cccc2c1OCCO2. The van der Waals surface area contributed by atoms with Crippen molar-refractivity contribution in [3.8, 4) is 11.5 Å².